The minimum atomic E-state index is -0.138. The Morgan fingerprint density at radius 2 is 2.05 bits per heavy atom. The lowest BCUT2D eigenvalue weighted by Gasteiger charge is -2.26. The van der Waals surface area contributed by atoms with Gasteiger partial charge in [-0.1, -0.05) is 25.5 Å². The summed E-state index contributed by atoms with van der Waals surface area (Å²) in [7, 11) is 0. The number of carbonyl (C=O) groups excluding carboxylic acids is 1. The molecule has 1 unspecified atom stereocenters. The molecule has 104 valence electrons. The van der Waals surface area contributed by atoms with Gasteiger partial charge in [-0.05, 0) is 43.5 Å². The first-order valence-electron chi connectivity index (χ1n) is 7.15. The van der Waals surface area contributed by atoms with Gasteiger partial charge in [0.05, 0.1) is 0 Å². The van der Waals surface area contributed by atoms with Gasteiger partial charge in [0, 0.05) is 18.5 Å². The first kappa shape index (κ1) is 14.2. The van der Waals surface area contributed by atoms with Crippen molar-refractivity contribution in [2.45, 2.75) is 45.1 Å². The molecule has 0 aromatic heterocycles. The fraction of sp³-hybridized carbons (Fsp3) is 0.562. The summed E-state index contributed by atoms with van der Waals surface area (Å²) >= 11 is 0. The lowest BCUT2D eigenvalue weighted by atomic mass is 9.97. The van der Waals surface area contributed by atoms with Crippen LogP contribution in [0, 0.1) is 5.82 Å². The van der Waals surface area contributed by atoms with E-state index in [1.165, 1.54) is 19.3 Å². The fourth-order valence-corrected chi connectivity index (χ4v) is 2.64. The van der Waals surface area contributed by atoms with Gasteiger partial charge in [-0.15, -0.1) is 0 Å². The molecule has 1 aromatic carbocycles. The summed E-state index contributed by atoms with van der Waals surface area (Å²) in [6.07, 6.45) is 5.07. The van der Waals surface area contributed by atoms with E-state index in [4.69, 9.17) is 0 Å². The predicted molar refractivity (Wildman–Crippen MR) is 74.6 cm³/mol. The third kappa shape index (κ3) is 3.87. The summed E-state index contributed by atoms with van der Waals surface area (Å²) in [4.78, 5) is 12.8. The van der Waals surface area contributed by atoms with Gasteiger partial charge in [-0.2, -0.15) is 0 Å². The van der Waals surface area contributed by atoms with Crippen LogP contribution in [0.4, 0.5) is 4.39 Å². The molecule has 0 spiro atoms. The van der Waals surface area contributed by atoms with Gasteiger partial charge in [0.1, 0.15) is 12.1 Å². The molecule has 1 aliphatic rings. The Bertz CT molecular complexity index is 427. The van der Waals surface area contributed by atoms with Crippen LogP contribution in [0.3, 0.4) is 0 Å². The average Bonchev–Trinajstić information content (AvgIpc) is 2.42. The predicted octanol–water partition coefficient (Wildman–Crippen LogP) is 3.50. The molecule has 1 atom stereocenters. The van der Waals surface area contributed by atoms with E-state index < -0.39 is 0 Å². The molecule has 1 saturated heterocycles. The number of nitrogens with zero attached hydrogens (tertiary/aromatic N) is 1. The van der Waals surface area contributed by atoms with Crippen LogP contribution in [0.15, 0.2) is 18.2 Å². The highest BCUT2D eigenvalue weighted by atomic mass is 19.1. The molecule has 0 aliphatic carbocycles. The molecular formula is C16H22FNO. The molecule has 1 aliphatic heterocycles. The molecule has 0 N–H and O–H groups in total. The van der Waals surface area contributed by atoms with Crippen LogP contribution in [-0.4, -0.2) is 24.3 Å². The molecule has 0 bridgehead atoms. The molecular weight excluding hydrogens is 241 g/mol. The van der Waals surface area contributed by atoms with Gasteiger partial charge < -0.3 is 4.79 Å². The molecule has 1 aromatic rings. The fourth-order valence-electron chi connectivity index (χ4n) is 2.64. The van der Waals surface area contributed by atoms with Gasteiger partial charge >= 0.3 is 0 Å². The SMILES string of the molecule is CC(CC=O)c1ccc(CN2CCCCC2)c(F)c1. The number of rotatable bonds is 5. The van der Waals surface area contributed by atoms with Crippen molar-refractivity contribution in [2.24, 2.45) is 0 Å². The highest BCUT2D eigenvalue weighted by molar-refractivity contribution is 5.51. The van der Waals surface area contributed by atoms with E-state index in [2.05, 4.69) is 4.90 Å². The molecule has 0 saturated carbocycles. The Balaban J connectivity index is 2.03. The maximum Gasteiger partial charge on any atom is 0.127 e. The van der Waals surface area contributed by atoms with E-state index in [1.54, 1.807) is 6.07 Å². The minimum Gasteiger partial charge on any atom is -0.303 e. The van der Waals surface area contributed by atoms with E-state index in [1.807, 2.05) is 19.1 Å². The van der Waals surface area contributed by atoms with Gasteiger partial charge in [0.2, 0.25) is 0 Å². The Labute approximate surface area is 114 Å². The van der Waals surface area contributed by atoms with Gasteiger partial charge in [-0.25, -0.2) is 4.39 Å². The van der Waals surface area contributed by atoms with Crippen LogP contribution in [-0.2, 0) is 11.3 Å². The Kier molecular flexibility index (Phi) is 5.08. The van der Waals surface area contributed by atoms with Crippen molar-refractivity contribution in [3.8, 4) is 0 Å². The molecule has 0 radical (unpaired) electrons. The minimum absolute atomic E-state index is 0.0936. The number of benzene rings is 1. The van der Waals surface area contributed by atoms with E-state index in [-0.39, 0.29) is 11.7 Å². The van der Waals surface area contributed by atoms with Crippen LogP contribution in [0.1, 0.15) is 49.7 Å². The Hall–Kier alpha value is -1.22. The van der Waals surface area contributed by atoms with Crippen molar-refractivity contribution >= 4 is 6.29 Å². The van der Waals surface area contributed by atoms with Gasteiger partial charge in [0.25, 0.3) is 0 Å². The first-order chi connectivity index (χ1) is 9.20. The summed E-state index contributed by atoms with van der Waals surface area (Å²) in [5.41, 5.74) is 1.68. The van der Waals surface area contributed by atoms with Crippen LogP contribution in [0.2, 0.25) is 0 Å². The lowest BCUT2D eigenvalue weighted by molar-refractivity contribution is -0.108. The Morgan fingerprint density at radius 1 is 1.32 bits per heavy atom. The molecule has 1 fully saturated rings. The largest absolute Gasteiger partial charge is 0.303 e. The summed E-state index contributed by atoms with van der Waals surface area (Å²) in [5, 5.41) is 0. The second kappa shape index (κ2) is 6.80. The topological polar surface area (TPSA) is 20.3 Å². The highest BCUT2D eigenvalue weighted by Crippen LogP contribution is 2.22. The summed E-state index contributed by atoms with van der Waals surface area (Å²) in [6, 6.07) is 5.42. The summed E-state index contributed by atoms with van der Waals surface area (Å²) in [5.74, 6) is -0.0446. The van der Waals surface area contributed by atoms with Crippen LogP contribution in [0.25, 0.3) is 0 Å². The smallest absolute Gasteiger partial charge is 0.127 e. The van der Waals surface area contributed by atoms with E-state index >= 15 is 0 Å². The van der Waals surface area contributed by atoms with Crippen molar-refractivity contribution in [2.75, 3.05) is 13.1 Å². The van der Waals surface area contributed by atoms with Crippen molar-refractivity contribution < 1.29 is 9.18 Å². The monoisotopic (exact) mass is 263 g/mol. The molecule has 3 heteroatoms. The maximum atomic E-state index is 14.1. The second-order valence-corrected chi connectivity index (χ2v) is 5.49. The molecule has 2 rings (SSSR count). The molecule has 1 heterocycles. The normalized spacial score (nSPS) is 18.2. The standard InChI is InChI=1S/C16H22FNO/c1-13(7-10-19)14-5-6-15(16(17)11-14)12-18-8-3-2-4-9-18/h5-6,10-11,13H,2-4,7-9,12H2,1H3. The zero-order chi connectivity index (χ0) is 13.7. The van der Waals surface area contributed by atoms with E-state index in [9.17, 15) is 9.18 Å². The van der Waals surface area contributed by atoms with Gasteiger partial charge in [-0.3, -0.25) is 4.90 Å². The number of carbonyl (C=O) groups is 1. The number of piperidine rings is 1. The third-order valence-corrected chi connectivity index (χ3v) is 3.94. The zero-order valence-corrected chi connectivity index (χ0v) is 11.6. The van der Waals surface area contributed by atoms with Crippen molar-refractivity contribution in [3.05, 3.63) is 35.1 Å². The Morgan fingerprint density at radius 3 is 2.68 bits per heavy atom. The van der Waals surface area contributed by atoms with Crippen molar-refractivity contribution in [1.82, 2.24) is 4.90 Å². The van der Waals surface area contributed by atoms with Gasteiger partial charge in [0.15, 0.2) is 0 Å². The maximum absolute atomic E-state index is 14.1. The number of likely N-dealkylation sites (tertiary alicyclic amines) is 1. The van der Waals surface area contributed by atoms with Crippen molar-refractivity contribution in [1.29, 1.82) is 0 Å². The van der Waals surface area contributed by atoms with E-state index in [0.29, 0.717) is 13.0 Å². The average molecular weight is 263 g/mol. The number of aldehydes is 1. The lowest BCUT2D eigenvalue weighted by Crippen LogP contribution is -2.29. The second-order valence-electron chi connectivity index (χ2n) is 5.49. The molecule has 0 amide bonds. The first-order valence-corrected chi connectivity index (χ1v) is 7.15. The quantitative estimate of drug-likeness (QED) is 0.758. The number of hydrogen-bond donors (Lipinski definition) is 0. The van der Waals surface area contributed by atoms with Crippen LogP contribution in [0.5, 0.6) is 0 Å². The summed E-state index contributed by atoms with van der Waals surface area (Å²) in [6.45, 7) is 4.80. The number of hydrogen-bond acceptors (Lipinski definition) is 2. The van der Waals surface area contributed by atoms with E-state index in [0.717, 1.165) is 30.5 Å². The highest BCUT2D eigenvalue weighted by Gasteiger charge is 2.14. The van der Waals surface area contributed by atoms with Crippen LogP contribution >= 0.6 is 0 Å². The van der Waals surface area contributed by atoms with Crippen LogP contribution < -0.4 is 0 Å². The molecule has 19 heavy (non-hydrogen) atoms. The number of halogens is 1. The van der Waals surface area contributed by atoms with Crippen molar-refractivity contribution in [3.63, 3.8) is 0 Å². The summed E-state index contributed by atoms with van der Waals surface area (Å²) < 4.78 is 14.1. The third-order valence-electron chi connectivity index (χ3n) is 3.94. The zero-order valence-electron chi connectivity index (χ0n) is 11.6. The molecule has 2 nitrogen and oxygen atoms in total.